The Morgan fingerprint density at radius 3 is 1.35 bits per heavy atom. The number of rotatable bonds is 21. The summed E-state index contributed by atoms with van der Waals surface area (Å²) in [5.74, 6) is -12.2. The Labute approximate surface area is 607 Å². The highest BCUT2D eigenvalue weighted by Gasteiger charge is 2.33. The van der Waals surface area contributed by atoms with Crippen LogP contribution in [-0.2, 0) is 20.8 Å². The lowest BCUT2D eigenvalue weighted by molar-refractivity contribution is -0.153. The molecular weight excluding hydrogens is 1510 g/mol. The van der Waals surface area contributed by atoms with Crippen molar-refractivity contribution in [1.82, 2.24) is 19.9 Å². The van der Waals surface area contributed by atoms with Crippen molar-refractivity contribution in [3.63, 3.8) is 0 Å². The lowest BCUT2D eigenvalue weighted by atomic mass is 10.0. The second-order valence-electron chi connectivity index (χ2n) is 20.7. The number of carboxylic acids is 1. The lowest BCUT2D eigenvalue weighted by Crippen LogP contribution is -2.22. The van der Waals surface area contributed by atoms with Gasteiger partial charge in [0.05, 0.1) is 62.3 Å². The maximum atomic E-state index is 14.9. The molecule has 0 fully saturated rings. The number of hydrogen-bond donors (Lipinski definition) is 5. The Kier molecular flexibility index (Phi) is 29.3. The number of anilines is 4. The van der Waals surface area contributed by atoms with Gasteiger partial charge >= 0.3 is 30.1 Å². The van der Waals surface area contributed by atoms with Gasteiger partial charge in [0.25, 0.3) is 6.43 Å². The molecule has 105 heavy (non-hydrogen) atoms. The number of nitrogens with zero attached hydrogens (tertiary/aromatic N) is 4. The summed E-state index contributed by atoms with van der Waals surface area (Å²) in [4.78, 5) is 63.4. The summed E-state index contributed by atoms with van der Waals surface area (Å²) in [5.41, 5.74) is 17.3. The lowest BCUT2D eigenvalue weighted by Gasteiger charge is -2.15. The van der Waals surface area contributed by atoms with Gasteiger partial charge in [-0.3, -0.25) is 0 Å². The molecule has 9 rings (SSSR count). The number of esters is 3. The Morgan fingerprint density at radius 2 is 0.924 bits per heavy atom. The second kappa shape index (κ2) is 37.0. The zero-order chi connectivity index (χ0) is 78.1. The molecule has 4 heterocycles. The number of pyridine rings is 4. The van der Waals surface area contributed by atoms with Gasteiger partial charge in [-0.2, -0.15) is 13.2 Å². The molecule has 21 nitrogen and oxygen atoms in total. The van der Waals surface area contributed by atoms with Gasteiger partial charge < -0.3 is 65.9 Å². The van der Waals surface area contributed by atoms with Crippen LogP contribution in [-0.4, -0.2) is 109 Å². The Bertz CT molecular complexity index is 4690. The van der Waals surface area contributed by atoms with Crippen molar-refractivity contribution in [2.45, 2.75) is 46.2 Å². The molecule has 9 N–H and O–H groups in total. The molecule has 0 radical (unpaired) electrons. The van der Waals surface area contributed by atoms with Gasteiger partial charge in [-0.15, -0.1) is 0 Å². The van der Waals surface area contributed by atoms with Crippen LogP contribution in [0.4, 0.5) is 75.4 Å². The fourth-order valence-electron chi connectivity index (χ4n) is 9.05. The number of benzene rings is 5. The van der Waals surface area contributed by atoms with E-state index in [1.807, 2.05) is 6.07 Å². The van der Waals surface area contributed by atoms with Crippen molar-refractivity contribution >= 4 is 93.0 Å². The average molecular weight is 1560 g/mol. The van der Waals surface area contributed by atoms with Crippen LogP contribution < -0.4 is 46.6 Å². The zero-order valence-electron chi connectivity index (χ0n) is 55.0. The van der Waals surface area contributed by atoms with Crippen LogP contribution in [0.5, 0.6) is 28.7 Å². The minimum Gasteiger partial charge on any atom is -0.492 e. The Balaban J connectivity index is 0.000000220. The van der Waals surface area contributed by atoms with Crippen LogP contribution in [0.2, 0.25) is 20.1 Å². The number of carbonyl (C=O) groups is 4. The van der Waals surface area contributed by atoms with E-state index in [0.717, 1.165) is 49.9 Å². The summed E-state index contributed by atoms with van der Waals surface area (Å²) in [5, 5.41) is 9.26. The first-order chi connectivity index (χ1) is 49.5. The van der Waals surface area contributed by atoms with Crippen molar-refractivity contribution in [1.29, 1.82) is 0 Å². The summed E-state index contributed by atoms with van der Waals surface area (Å²) in [7, 11) is 3.50. The van der Waals surface area contributed by atoms with E-state index in [-0.39, 0.29) is 96.6 Å². The van der Waals surface area contributed by atoms with Crippen molar-refractivity contribution in [2.24, 2.45) is 0 Å². The van der Waals surface area contributed by atoms with Gasteiger partial charge in [-0.25, -0.2) is 78.6 Å². The summed E-state index contributed by atoms with van der Waals surface area (Å²) in [6, 6.07) is 23.5. The van der Waals surface area contributed by atoms with Gasteiger partial charge in [0.2, 0.25) is 0 Å². The predicted molar refractivity (Wildman–Crippen MR) is 363 cm³/mol. The summed E-state index contributed by atoms with van der Waals surface area (Å²) in [6.07, 6.45) is -9.20. The fourth-order valence-corrected chi connectivity index (χ4v) is 9.89. The molecule has 0 saturated heterocycles. The number of methoxy groups -OCH3 is 3. The number of ether oxygens (including phenoxy) is 8. The molecule has 0 amide bonds. The number of hydrogen-bond acceptors (Lipinski definition) is 20. The molecule has 0 aliphatic rings. The number of carboxylic acid groups (broad SMARTS) is 1. The molecular formula is C68H56Cl4F12N8O13. The smallest absolute Gasteiger partial charge is 0.422 e. The van der Waals surface area contributed by atoms with E-state index < -0.39 is 159 Å². The maximum absolute atomic E-state index is 14.9. The minimum absolute atomic E-state index is 0.0110. The highest BCUT2D eigenvalue weighted by atomic mass is 35.5. The van der Waals surface area contributed by atoms with Crippen LogP contribution >= 0.6 is 46.4 Å². The molecule has 37 heteroatoms. The van der Waals surface area contributed by atoms with E-state index in [0.29, 0.717) is 0 Å². The largest absolute Gasteiger partial charge is 0.492 e. The molecule has 0 saturated carbocycles. The standard InChI is InChI=1S/C21H17ClF2N2O4.C16H13ClF4N2O3.C16H14ClF3N2O3.C15H12ClF3N2O3/c1-28-19-13(22)9-8-12(14(19)23)17-15(24)16(25)20(29-2)18(26-17)21(27)30-10-11-6-4-3-5-7-11;1-2-25-15(24)13-14(26-7-16(19,20)21)11(22)6-12(23-13)9-4-3-8(17)5-10(9)18;1-2-24-16(23)14-15(25-7-13(19)20)11(21)6-12(22-14)9-4-3-8(17)5-10(9)18;1-5(17)8-7(16)4-3-6(9(8)18)12-10(19)11(20)14(24-2)13(21-12)15(22)23/h3-9H,10H2,1-2H3,(H2,25,26);3-6H,2,7H2,1H3,(H2,22,23);3-6,13H,2,7H2,1H3,(H2,21,22);3-5H,1-2H3,(H2,20,21)(H,22,23). The number of nitrogens with two attached hydrogens (primary N) is 4. The van der Waals surface area contributed by atoms with Crippen LogP contribution in [0.1, 0.15) is 80.0 Å². The predicted octanol–water partition coefficient (Wildman–Crippen LogP) is 16.8. The first kappa shape index (κ1) is 83.1. The Hall–Kier alpha value is -10.9. The number of aromatic carboxylic acids is 1. The maximum Gasteiger partial charge on any atom is 0.422 e. The van der Waals surface area contributed by atoms with Gasteiger partial charge in [-0.1, -0.05) is 76.7 Å². The van der Waals surface area contributed by atoms with Gasteiger partial charge in [-0.05, 0) is 99.1 Å². The fraction of sp³-hybridized carbons (Fsp3) is 0.206. The van der Waals surface area contributed by atoms with E-state index in [9.17, 15) is 71.9 Å². The number of nitrogen functional groups attached to an aromatic ring is 4. The third-order valence-corrected chi connectivity index (χ3v) is 14.7. The summed E-state index contributed by atoms with van der Waals surface area (Å²) in [6.45, 7) is 1.37. The molecule has 4 aromatic heterocycles. The molecule has 558 valence electrons. The molecule has 1 atom stereocenters. The van der Waals surface area contributed by atoms with Gasteiger partial charge in [0, 0.05) is 42.9 Å². The van der Waals surface area contributed by atoms with Crippen molar-refractivity contribution in [2.75, 3.05) is 70.7 Å². The molecule has 5 aromatic carbocycles. The van der Waals surface area contributed by atoms with Gasteiger partial charge in [0.15, 0.2) is 75.6 Å². The number of carbonyl (C=O) groups excluding carboxylic acids is 3. The molecule has 0 bridgehead atoms. The van der Waals surface area contributed by atoms with E-state index >= 15 is 0 Å². The average Bonchev–Trinajstić information content (AvgIpc) is 0.769. The number of aromatic nitrogens is 4. The monoisotopic (exact) mass is 1560 g/mol. The van der Waals surface area contributed by atoms with Crippen LogP contribution in [0.25, 0.3) is 45.0 Å². The molecule has 1 unspecified atom stereocenters. The number of halogens is 16. The zero-order valence-corrected chi connectivity index (χ0v) is 58.0. The number of alkyl halides is 6. The van der Waals surface area contributed by atoms with Crippen molar-refractivity contribution in [3.8, 4) is 73.8 Å². The Morgan fingerprint density at radius 1 is 0.505 bits per heavy atom. The van der Waals surface area contributed by atoms with Crippen molar-refractivity contribution < 1.29 is 115 Å². The third kappa shape index (κ3) is 20.7. The SMILES string of the molecule is CCOC(=O)c1nc(-c2ccc(Cl)cc2F)cc(N)c1OCC(F)(F)F.CCOC(=O)c1nc(-c2ccc(Cl)cc2F)cc(N)c1OCC(F)F.COc1c(C(=O)O)nc(-c2ccc(Cl)c(C(C)F)c2F)c(F)c1N.COc1c(C(=O)OCc2ccccc2)nc(-c2ccc(Cl)c(OC)c2F)c(F)c1N. The quantitative estimate of drug-likeness (QED) is 0.0253. The van der Waals surface area contributed by atoms with Crippen LogP contribution in [0, 0.1) is 34.9 Å². The summed E-state index contributed by atoms with van der Waals surface area (Å²) < 4.78 is 202. The van der Waals surface area contributed by atoms with Crippen molar-refractivity contribution in [3.05, 3.63) is 192 Å². The summed E-state index contributed by atoms with van der Waals surface area (Å²) >= 11 is 23.0. The van der Waals surface area contributed by atoms with E-state index in [1.165, 1.54) is 63.6 Å². The highest BCUT2D eigenvalue weighted by molar-refractivity contribution is 6.32. The molecule has 0 spiro atoms. The van der Waals surface area contributed by atoms with E-state index in [4.69, 9.17) is 108 Å². The van der Waals surface area contributed by atoms with E-state index in [2.05, 4.69) is 24.7 Å². The molecule has 0 aliphatic heterocycles. The van der Waals surface area contributed by atoms with Crippen LogP contribution in [0.3, 0.4) is 0 Å². The highest BCUT2D eigenvalue weighted by Crippen LogP contribution is 2.42. The first-order valence-corrected chi connectivity index (χ1v) is 31.2. The normalized spacial score (nSPS) is 11.2. The molecule has 9 aromatic rings. The topological polar surface area (TPSA) is 318 Å². The minimum atomic E-state index is -4.65. The first-order valence-electron chi connectivity index (χ1n) is 29.7. The molecule has 0 aliphatic carbocycles. The third-order valence-electron chi connectivity index (χ3n) is 13.6. The second-order valence-corrected chi connectivity index (χ2v) is 22.4. The van der Waals surface area contributed by atoms with Gasteiger partial charge in [0.1, 0.15) is 59.6 Å². The van der Waals surface area contributed by atoms with E-state index in [1.54, 1.807) is 31.2 Å². The van der Waals surface area contributed by atoms with Crippen LogP contribution in [0.15, 0.2) is 103 Å².